The third kappa shape index (κ3) is 1.61. The third-order valence-corrected chi connectivity index (χ3v) is 4.84. The van der Waals surface area contributed by atoms with Crippen molar-refractivity contribution in [2.75, 3.05) is 19.6 Å². The Morgan fingerprint density at radius 3 is 3.11 bits per heavy atom. The Bertz CT molecular complexity index is 441. The molecule has 98 valence electrons. The molecule has 4 rings (SSSR count). The van der Waals surface area contributed by atoms with Crippen molar-refractivity contribution in [2.24, 2.45) is 0 Å². The van der Waals surface area contributed by atoms with E-state index in [0.717, 1.165) is 25.6 Å². The Hall–Kier alpha value is -0.940. The van der Waals surface area contributed by atoms with Gasteiger partial charge < -0.3 is 5.32 Å². The molecule has 0 saturated carbocycles. The molecule has 2 atom stereocenters. The zero-order chi connectivity index (χ0) is 11.9. The van der Waals surface area contributed by atoms with Gasteiger partial charge in [-0.2, -0.15) is 0 Å². The van der Waals surface area contributed by atoms with Crippen LogP contribution < -0.4 is 5.32 Å². The van der Waals surface area contributed by atoms with Crippen LogP contribution in [0, 0.1) is 0 Å². The number of fused-ring (bicyclic) bond motifs is 2. The first-order chi connectivity index (χ1) is 8.93. The molecule has 3 aliphatic rings. The van der Waals surface area contributed by atoms with E-state index in [4.69, 9.17) is 0 Å². The van der Waals surface area contributed by atoms with Crippen molar-refractivity contribution in [3.63, 3.8) is 0 Å². The van der Waals surface area contributed by atoms with E-state index >= 15 is 0 Å². The van der Waals surface area contributed by atoms with Gasteiger partial charge in [0.1, 0.15) is 0 Å². The molecule has 5 nitrogen and oxygen atoms in total. The van der Waals surface area contributed by atoms with Gasteiger partial charge in [-0.1, -0.05) is 11.6 Å². The molecule has 5 heteroatoms. The molecule has 2 saturated heterocycles. The van der Waals surface area contributed by atoms with Crippen LogP contribution in [-0.4, -0.2) is 45.6 Å². The molecule has 0 radical (unpaired) electrons. The van der Waals surface area contributed by atoms with Crippen LogP contribution in [0.3, 0.4) is 0 Å². The molecule has 18 heavy (non-hydrogen) atoms. The van der Waals surface area contributed by atoms with Gasteiger partial charge in [0.15, 0.2) is 0 Å². The second kappa shape index (κ2) is 4.31. The van der Waals surface area contributed by atoms with Crippen LogP contribution >= 0.6 is 0 Å². The molecule has 2 fully saturated rings. The molecular weight excluding hydrogens is 226 g/mol. The Kier molecular flexibility index (Phi) is 2.62. The number of aromatic nitrogens is 3. The highest BCUT2D eigenvalue weighted by Gasteiger charge is 2.38. The topological polar surface area (TPSA) is 46.0 Å². The summed E-state index contributed by atoms with van der Waals surface area (Å²) in [4.78, 5) is 2.67. The van der Waals surface area contributed by atoms with Crippen LogP contribution in [0.5, 0.6) is 0 Å². The Morgan fingerprint density at radius 1 is 1.11 bits per heavy atom. The summed E-state index contributed by atoms with van der Waals surface area (Å²) in [6.45, 7) is 4.51. The van der Waals surface area contributed by atoms with Crippen LogP contribution in [0.1, 0.15) is 43.1 Å². The number of piperidine rings is 1. The molecule has 2 unspecified atom stereocenters. The molecular formula is C13H21N5. The lowest BCUT2D eigenvalue weighted by Gasteiger charge is -2.32. The highest BCUT2D eigenvalue weighted by atomic mass is 15.5. The van der Waals surface area contributed by atoms with Crippen molar-refractivity contribution in [3.8, 4) is 0 Å². The maximum Gasteiger partial charge on any atom is 0.0997 e. The van der Waals surface area contributed by atoms with Crippen LogP contribution in [0.2, 0.25) is 0 Å². The average Bonchev–Trinajstić information content (AvgIpc) is 3.01. The maximum absolute atomic E-state index is 4.47. The molecule has 0 spiro atoms. The zero-order valence-corrected chi connectivity index (χ0v) is 10.8. The van der Waals surface area contributed by atoms with Crippen LogP contribution in [0.15, 0.2) is 0 Å². The van der Waals surface area contributed by atoms with E-state index in [1.54, 1.807) is 0 Å². The minimum Gasteiger partial charge on any atom is -0.311 e. The smallest absolute Gasteiger partial charge is 0.0997 e. The van der Waals surface area contributed by atoms with Crippen molar-refractivity contribution in [1.29, 1.82) is 0 Å². The van der Waals surface area contributed by atoms with Gasteiger partial charge in [-0.05, 0) is 25.8 Å². The predicted octanol–water partition coefficient (Wildman–Crippen LogP) is 0.723. The first-order valence-corrected chi connectivity index (χ1v) is 7.31. The lowest BCUT2D eigenvalue weighted by atomic mass is 9.98. The number of hydrogen-bond donors (Lipinski definition) is 1. The fourth-order valence-electron chi connectivity index (χ4n) is 3.93. The lowest BCUT2D eigenvalue weighted by molar-refractivity contribution is 0.167. The SMILES string of the molecule is C1CCN2CCC(n3nnc4c3CCNC4)C2C1. The number of nitrogens with zero attached hydrogens (tertiary/aromatic N) is 4. The summed E-state index contributed by atoms with van der Waals surface area (Å²) in [5.74, 6) is 0. The molecule has 0 amide bonds. The van der Waals surface area contributed by atoms with Crippen molar-refractivity contribution < 1.29 is 0 Å². The third-order valence-electron chi connectivity index (χ3n) is 4.84. The van der Waals surface area contributed by atoms with E-state index < -0.39 is 0 Å². The van der Waals surface area contributed by atoms with Crippen LogP contribution in [0.25, 0.3) is 0 Å². The molecule has 0 aliphatic carbocycles. The van der Waals surface area contributed by atoms with Gasteiger partial charge in [-0.15, -0.1) is 5.10 Å². The number of nitrogens with one attached hydrogen (secondary N) is 1. The minimum atomic E-state index is 0.583. The second-order valence-corrected chi connectivity index (χ2v) is 5.81. The minimum absolute atomic E-state index is 0.583. The van der Waals surface area contributed by atoms with Crippen molar-refractivity contribution in [2.45, 2.75) is 50.7 Å². The van der Waals surface area contributed by atoms with Gasteiger partial charge in [-0.25, -0.2) is 4.68 Å². The van der Waals surface area contributed by atoms with Gasteiger partial charge in [-0.3, -0.25) is 4.90 Å². The normalized spacial score (nSPS) is 32.2. The first kappa shape index (κ1) is 10.9. The van der Waals surface area contributed by atoms with Gasteiger partial charge >= 0.3 is 0 Å². The molecule has 1 N–H and O–H groups in total. The Labute approximate surface area is 108 Å². The van der Waals surface area contributed by atoms with Gasteiger partial charge in [0.25, 0.3) is 0 Å². The Balaban J connectivity index is 1.65. The van der Waals surface area contributed by atoms with E-state index in [-0.39, 0.29) is 0 Å². The zero-order valence-electron chi connectivity index (χ0n) is 10.8. The van der Waals surface area contributed by atoms with Gasteiger partial charge in [0.05, 0.1) is 17.4 Å². The summed E-state index contributed by atoms with van der Waals surface area (Å²) in [5.41, 5.74) is 2.57. The standard InChI is InChI=1S/C13H21N5/c1-2-7-17-8-5-13(12(17)3-1)18-11-4-6-14-9-10(11)15-16-18/h12-14H,1-9H2. The predicted molar refractivity (Wildman–Crippen MR) is 68.3 cm³/mol. The lowest BCUT2D eigenvalue weighted by Crippen LogP contribution is -2.38. The summed E-state index contributed by atoms with van der Waals surface area (Å²) in [5, 5.41) is 12.2. The summed E-state index contributed by atoms with van der Waals surface area (Å²) in [6.07, 6.45) is 6.45. The van der Waals surface area contributed by atoms with E-state index in [9.17, 15) is 0 Å². The fraction of sp³-hybridized carbons (Fsp3) is 0.846. The highest BCUT2D eigenvalue weighted by molar-refractivity contribution is 5.15. The molecule has 4 heterocycles. The van der Waals surface area contributed by atoms with E-state index in [0.29, 0.717) is 6.04 Å². The quantitative estimate of drug-likeness (QED) is 0.794. The monoisotopic (exact) mass is 247 g/mol. The van der Waals surface area contributed by atoms with Crippen molar-refractivity contribution in [3.05, 3.63) is 11.4 Å². The van der Waals surface area contributed by atoms with E-state index in [1.807, 2.05) is 0 Å². The molecule has 0 bridgehead atoms. The summed E-state index contributed by atoms with van der Waals surface area (Å²) < 4.78 is 2.27. The summed E-state index contributed by atoms with van der Waals surface area (Å²) in [6, 6.07) is 1.30. The van der Waals surface area contributed by atoms with Gasteiger partial charge in [0.2, 0.25) is 0 Å². The average molecular weight is 247 g/mol. The molecule has 1 aromatic heterocycles. The summed E-state index contributed by atoms with van der Waals surface area (Å²) in [7, 11) is 0. The second-order valence-electron chi connectivity index (χ2n) is 5.81. The summed E-state index contributed by atoms with van der Waals surface area (Å²) >= 11 is 0. The number of rotatable bonds is 1. The Morgan fingerprint density at radius 2 is 2.11 bits per heavy atom. The van der Waals surface area contributed by atoms with Gasteiger partial charge in [0, 0.05) is 32.1 Å². The molecule has 1 aromatic rings. The fourth-order valence-corrected chi connectivity index (χ4v) is 3.93. The van der Waals surface area contributed by atoms with Crippen molar-refractivity contribution in [1.82, 2.24) is 25.2 Å². The molecule has 3 aliphatic heterocycles. The van der Waals surface area contributed by atoms with Crippen LogP contribution in [0.4, 0.5) is 0 Å². The maximum atomic E-state index is 4.47. The van der Waals surface area contributed by atoms with E-state index in [2.05, 4.69) is 25.2 Å². The molecule has 0 aromatic carbocycles. The van der Waals surface area contributed by atoms with E-state index in [1.165, 1.54) is 50.2 Å². The number of hydrogen-bond acceptors (Lipinski definition) is 4. The largest absolute Gasteiger partial charge is 0.311 e. The first-order valence-electron chi connectivity index (χ1n) is 7.31. The van der Waals surface area contributed by atoms with Crippen molar-refractivity contribution >= 4 is 0 Å². The highest BCUT2D eigenvalue weighted by Crippen LogP contribution is 2.35. The van der Waals surface area contributed by atoms with Crippen LogP contribution in [-0.2, 0) is 13.0 Å².